The third-order valence-electron chi connectivity index (χ3n) is 6.38. The fraction of sp³-hybridized carbons (Fsp3) is 0.0857. The van der Waals surface area contributed by atoms with Gasteiger partial charge in [-0.2, -0.15) is 0 Å². The summed E-state index contributed by atoms with van der Waals surface area (Å²) in [7, 11) is 0. The molecule has 0 saturated carbocycles. The molecule has 0 unspecified atom stereocenters. The molecule has 164 valence electrons. The van der Waals surface area contributed by atoms with Crippen molar-refractivity contribution in [1.29, 1.82) is 0 Å². The van der Waals surface area contributed by atoms with Crippen LogP contribution >= 0.6 is 0 Å². The maximum absolute atomic E-state index is 9.73. The van der Waals surface area contributed by atoms with Crippen LogP contribution in [0.15, 0.2) is 109 Å². The monoisotopic (exact) mass is 468 g/mol. The van der Waals surface area contributed by atoms with Gasteiger partial charge in [0.05, 0.1) is 24.7 Å². The molecule has 0 fully saturated rings. The summed E-state index contributed by atoms with van der Waals surface area (Å²) < 4.78 is 213. The highest BCUT2D eigenvalue weighted by molar-refractivity contribution is 6.25. The summed E-state index contributed by atoms with van der Waals surface area (Å²) >= 11 is 0. The van der Waals surface area contributed by atoms with E-state index < -0.39 is 194 Å². The van der Waals surface area contributed by atoms with Crippen LogP contribution in [0.1, 0.15) is 57.7 Å². The molecule has 0 atom stereocenters. The molecule has 1 aliphatic rings. The molecular formula is C35H24. The van der Waals surface area contributed by atoms with Crippen molar-refractivity contribution in [3.63, 3.8) is 0 Å². The van der Waals surface area contributed by atoms with Crippen molar-refractivity contribution in [2.45, 2.75) is 19.1 Å². The lowest BCUT2D eigenvalue weighted by Gasteiger charge is -2.22. The first-order valence-corrected chi connectivity index (χ1v) is 10.5. The Morgan fingerprint density at radius 3 is 2.09 bits per heavy atom. The molecule has 0 spiro atoms. The Balaban J connectivity index is 1.71. The lowest BCUT2D eigenvalue weighted by Crippen LogP contribution is -2.15. The molecule has 0 aliphatic heterocycles. The molecule has 0 N–H and O–H groups in total. The van der Waals surface area contributed by atoms with Crippen LogP contribution in [0.3, 0.4) is 0 Å². The molecule has 0 heteroatoms. The zero-order valence-electron chi connectivity index (χ0n) is 41.5. The Morgan fingerprint density at radius 1 is 0.543 bits per heavy atom. The second-order valence-electron chi connectivity index (χ2n) is 8.25. The molecule has 1 aliphatic carbocycles. The fourth-order valence-corrected chi connectivity index (χ4v) is 4.81. The Hall–Kier alpha value is -4.16. The maximum Gasteiger partial charge on any atom is 0.0633 e. The molecule has 0 aromatic heterocycles. The van der Waals surface area contributed by atoms with Crippen molar-refractivity contribution in [3.05, 3.63) is 120 Å². The molecule has 0 saturated heterocycles. The van der Waals surface area contributed by atoms with E-state index in [9.17, 15) is 6.85 Å². The first-order valence-electron chi connectivity index (χ1n) is 22.5. The third-order valence-corrected chi connectivity index (χ3v) is 6.38. The Morgan fingerprint density at radius 2 is 1.23 bits per heavy atom. The van der Waals surface area contributed by atoms with Gasteiger partial charge in [-0.15, -0.1) is 0 Å². The van der Waals surface area contributed by atoms with Crippen molar-refractivity contribution in [3.8, 4) is 22.3 Å². The maximum atomic E-state index is 9.73. The molecule has 0 heterocycles. The topological polar surface area (TPSA) is 0 Å². The second-order valence-corrected chi connectivity index (χ2v) is 8.25. The zero-order chi connectivity index (χ0) is 44.0. The van der Waals surface area contributed by atoms with Gasteiger partial charge in [-0.3, -0.25) is 0 Å². The van der Waals surface area contributed by atoms with E-state index in [0.29, 0.717) is 0 Å². The van der Waals surface area contributed by atoms with Gasteiger partial charge >= 0.3 is 0 Å². The van der Waals surface area contributed by atoms with Crippen molar-refractivity contribution >= 4 is 43.1 Å². The highest BCUT2D eigenvalue weighted by Gasteiger charge is 2.36. The predicted octanol–water partition coefficient (Wildman–Crippen LogP) is 9.71. The van der Waals surface area contributed by atoms with Gasteiger partial charge in [0, 0.05) is 13.6 Å². The fourth-order valence-electron chi connectivity index (χ4n) is 4.81. The quantitative estimate of drug-likeness (QED) is 0.210. The minimum Gasteiger partial charge on any atom is -0.0616 e. The van der Waals surface area contributed by atoms with Crippen LogP contribution in [-0.4, -0.2) is 0 Å². The van der Waals surface area contributed by atoms with E-state index in [1.807, 2.05) is 0 Å². The summed E-state index contributed by atoms with van der Waals surface area (Å²) in [6.07, 6.45) is 0. The smallest absolute Gasteiger partial charge is 0.0616 e. The molecule has 0 bridgehead atoms. The highest BCUT2D eigenvalue weighted by atomic mass is 14.4. The van der Waals surface area contributed by atoms with E-state index in [1.165, 1.54) is 0 Å². The Labute approximate surface area is 238 Å². The first kappa shape index (κ1) is 7.18. The highest BCUT2D eigenvalue weighted by Crippen LogP contribution is 2.52. The van der Waals surface area contributed by atoms with Gasteiger partial charge in [0.2, 0.25) is 0 Å². The minimum atomic E-state index is -3.82. The van der Waals surface area contributed by atoms with Crippen LogP contribution in [0, 0.1) is 0 Å². The van der Waals surface area contributed by atoms with Gasteiger partial charge in [0.15, 0.2) is 0 Å². The molecular weight excluding hydrogens is 420 g/mol. The lowest BCUT2D eigenvalue weighted by atomic mass is 9.81. The molecule has 35 heavy (non-hydrogen) atoms. The van der Waals surface area contributed by atoms with Crippen LogP contribution in [0.2, 0.25) is 0 Å². The number of benzene rings is 7. The van der Waals surface area contributed by atoms with E-state index >= 15 is 0 Å². The minimum absolute atomic E-state index is 0.294. The number of hydrogen-bond donors (Lipinski definition) is 0. The van der Waals surface area contributed by atoms with E-state index in [4.69, 9.17) is 26.0 Å². The molecule has 7 aromatic rings. The molecule has 0 amide bonds. The largest absolute Gasteiger partial charge is 0.0633 e. The second kappa shape index (κ2) is 6.49. The number of rotatable bonds is 1. The summed E-state index contributed by atoms with van der Waals surface area (Å²) in [6.45, 7) is -7.64. The normalized spacial score (nSPS) is 24.7. The van der Waals surface area contributed by atoms with Gasteiger partial charge in [-0.05, 0) is 82.5 Å². The number of hydrogen-bond acceptors (Lipinski definition) is 0. The number of fused-ring (bicyclic) bond motifs is 5. The van der Waals surface area contributed by atoms with Crippen LogP contribution in [0.5, 0.6) is 0 Å². The molecule has 8 rings (SSSR count). The average molecular weight is 469 g/mol. The van der Waals surface area contributed by atoms with E-state index in [1.54, 1.807) is 0 Å². The van der Waals surface area contributed by atoms with Gasteiger partial charge in [0.25, 0.3) is 0 Å². The molecule has 7 aromatic carbocycles. The van der Waals surface area contributed by atoms with Gasteiger partial charge in [-0.25, -0.2) is 0 Å². The van der Waals surface area contributed by atoms with E-state index in [-0.39, 0.29) is 10.8 Å². The standard InChI is InChI=1S/C35H24/c1-35(2)30-19-15-21-6-3-4-9-27(21)34(30)29-18-14-25(20-31(29)35)26-16-12-24-11-10-22-7-5-8-23-13-17-28(26)33(24)32(22)23/h3-20H,1-2H3/i1D3,2D3,3D,4D,5D,6D,7D,8D,9D,10D,11D,12D,13D,14D,15D,16D,17D,18D,19D,20D. The molecule has 0 nitrogen and oxygen atoms in total. The van der Waals surface area contributed by atoms with Crippen molar-refractivity contribution in [2.24, 2.45) is 0 Å². The van der Waals surface area contributed by atoms with Crippen LogP contribution in [0.25, 0.3) is 65.3 Å². The van der Waals surface area contributed by atoms with Crippen LogP contribution in [0.4, 0.5) is 0 Å². The summed E-state index contributed by atoms with van der Waals surface area (Å²) in [6, 6.07) is -15.9. The van der Waals surface area contributed by atoms with Crippen LogP contribution < -0.4 is 0 Å². The van der Waals surface area contributed by atoms with Gasteiger partial charge in [-0.1, -0.05) is 116 Å². The zero-order valence-corrected chi connectivity index (χ0v) is 17.5. The molecule has 0 radical (unpaired) electrons. The van der Waals surface area contributed by atoms with Gasteiger partial charge < -0.3 is 0 Å². The Kier molecular flexibility index (Phi) is 1.33. The first-order chi connectivity index (χ1) is 27.1. The summed E-state index contributed by atoms with van der Waals surface area (Å²) in [4.78, 5) is 0. The summed E-state index contributed by atoms with van der Waals surface area (Å²) in [5.74, 6) is 0. The summed E-state index contributed by atoms with van der Waals surface area (Å²) in [5, 5.41) is -3.79. The van der Waals surface area contributed by atoms with Crippen molar-refractivity contribution < 1.29 is 32.9 Å². The Bertz CT molecular complexity index is 3120. The predicted molar refractivity (Wildman–Crippen MR) is 151 cm³/mol. The third kappa shape index (κ3) is 2.42. The lowest BCUT2D eigenvalue weighted by molar-refractivity contribution is 0.661. The van der Waals surface area contributed by atoms with Crippen molar-refractivity contribution in [1.82, 2.24) is 0 Å². The summed E-state index contributed by atoms with van der Waals surface area (Å²) in [5.41, 5.74) is -8.72. The average Bonchev–Trinajstić information content (AvgIpc) is 3.50. The van der Waals surface area contributed by atoms with Crippen LogP contribution in [-0.2, 0) is 5.41 Å². The van der Waals surface area contributed by atoms with Crippen molar-refractivity contribution in [2.75, 3.05) is 0 Å². The SMILES string of the molecule is [2H]c1c([2H])c2c(c([2H])c1-c1c([2H])c([2H])c3c([2H])c([2H])c4c([2H])c([2H])c([2H])c5c([2H])c([2H])c1c3c45)C(C([2H])([2H])[2H])(C([2H])([2H])[2H])c1c([2H])c([2H])c3c([2H])c([2H])c([2H])c([2H])c3c1-2. The van der Waals surface area contributed by atoms with Gasteiger partial charge in [0.1, 0.15) is 0 Å². The van der Waals surface area contributed by atoms with E-state index in [2.05, 4.69) is 0 Å². The van der Waals surface area contributed by atoms with E-state index in [0.717, 1.165) is 0 Å².